The van der Waals surface area contributed by atoms with Crippen LogP contribution in [0.4, 0.5) is 5.82 Å². The van der Waals surface area contributed by atoms with E-state index >= 15 is 0 Å². The lowest BCUT2D eigenvalue weighted by molar-refractivity contribution is 0.0735. The van der Waals surface area contributed by atoms with Gasteiger partial charge in [0, 0.05) is 24.0 Å². The minimum atomic E-state index is 0.145. The molecule has 5 nitrogen and oxygen atoms in total. The van der Waals surface area contributed by atoms with E-state index in [0.717, 1.165) is 57.0 Å². The number of carbonyl (C=O) groups excluding carboxylic acids is 1. The van der Waals surface area contributed by atoms with Crippen LogP contribution in [0.3, 0.4) is 0 Å². The predicted octanol–water partition coefficient (Wildman–Crippen LogP) is 6.05. The third-order valence-electron chi connectivity index (χ3n) is 6.32. The van der Waals surface area contributed by atoms with Crippen LogP contribution in [0.1, 0.15) is 46.7 Å². The highest BCUT2D eigenvalue weighted by Crippen LogP contribution is 2.33. The number of aromatic nitrogens is 2. The number of thiophene rings is 1. The summed E-state index contributed by atoms with van der Waals surface area (Å²) < 4.78 is 0. The summed E-state index contributed by atoms with van der Waals surface area (Å²) in [6, 6.07) is 19.7. The largest absolute Gasteiger partial charge is 0.367 e. The van der Waals surface area contributed by atoms with Crippen molar-refractivity contribution in [2.45, 2.75) is 51.2 Å². The van der Waals surface area contributed by atoms with Crippen LogP contribution in [-0.2, 0) is 6.54 Å². The van der Waals surface area contributed by atoms with Gasteiger partial charge in [0.1, 0.15) is 11.6 Å². The number of nitrogens with one attached hydrogen (secondary N) is 1. The molecule has 1 amide bonds. The molecule has 0 saturated heterocycles. The number of aryl methyl sites for hydroxylation is 1. The van der Waals surface area contributed by atoms with Gasteiger partial charge in [-0.25, -0.2) is 9.97 Å². The molecular weight excluding hydrogens is 428 g/mol. The Balaban J connectivity index is 1.31. The van der Waals surface area contributed by atoms with Gasteiger partial charge in [-0.2, -0.15) is 0 Å². The Labute approximate surface area is 197 Å². The first-order chi connectivity index (χ1) is 16.1. The van der Waals surface area contributed by atoms with Crippen LogP contribution >= 0.6 is 11.3 Å². The molecular formula is C27H26N4OS. The van der Waals surface area contributed by atoms with Crippen LogP contribution in [0.2, 0.25) is 0 Å². The van der Waals surface area contributed by atoms with Gasteiger partial charge < -0.3 is 10.2 Å². The van der Waals surface area contributed by atoms with Gasteiger partial charge in [-0.05, 0) is 78.9 Å². The fraction of sp³-hybridized carbons (Fsp3) is 0.296. The standard InChI is InChI=1S/C27H26N4OS/c1-17-28-24-12-7-20(15-23(24)26(29-17)30-21-8-9-21)19-5-2-4-18(14-19)16-31(22-10-11-22)27(32)25-6-3-13-33-25/h2-7,12-15,21-22H,8-11,16H2,1H3,(H,28,29,30). The van der Waals surface area contributed by atoms with E-state index in [2.05, 4.69) is 57.7 Å². The molecule has 2 aliphatic rings. The number of anilines is 1. The van der Waals surface area contributed by atoms with Crippen LogP contribution in [0.25, 0.3) is 22.0 Å². The number of rotatable bonds is 7. The molecule has 0 aliphatic heterocycles. The molecule has 4 aromatic rings. The van der Waals surface area contributed by atoms with Gasteiger partial charge in [-0.15, -0.1) is 11.3 Å². The van der Waals surface area contributed by atoms with Crippen molar-refractivity contribution < 1.29 is 4.79 Å². The maximum Gasteiger partial charge on any atom is 0.264 e. The van der Waals surface area contributed by atoms with E-state index in [9.17, 15) is 4.79 Å². The van der Waals surface area contributed by atoms with Gasteiger partial charge in [0.15, 0.2) is 0 Å². The molecule has 166 valence electrons. The lowest BCUT2D eigenvalue weighted by Gasteiger charge is -2.22. The Morgan fingerprint density at radius 2 is 1.88 bits per heavy atom. The van der Waals surface area contributed by atoms with Crippen LogP contribution in [-0.4, -0.2) is 32.9 Å². The van der Waals surface area contributed by atoms with Gasteiger partial charge in [0.05, 0.1) is 10.4 Å². The first kappa shape index (κ1) is 20.4. The van der Waals surface area contributed by atoms with Crippen LogP contribution < -0.4 is 5.32 Å². The van der Waals surface area contributed by atoms with E-state index in [0.29, 0.717) is 18.6 Å². The number of hydrogen-bond acceptors (Lipinski definition) is 5. The second-order valence-electron chi connectivity index (χ2n) is 9.11. The van der Waals surface area contributed by atoms with Gasteiger partial charge in [0.2, 0.25) is 0 Å². The van der Waals surface area contributed by atoms with E-state index in [1.807, 2.05) is 29.3 Å². The lowest BCUT2D eigenvalue weighted by Crippen LogP contribution is -2.32. The number of carbonyl (C=O) groups is 1. The molecule has 6 rings (SSSR count). The van der Waals surface area contributed by atoms with Gasteiger partial charge in [0.25, 0.3) is 5.91 Å². The molecule has 0 radical (unpaired) electrons. The lowest BCUT2D eigenvalue weighted by atomic mass is 10.0. The number of amides is 1. The number of benzene rings is 2. The molecule has 2 aliphatic carbocycles. The normalized spacial score (nSPS) is 15.5. The average molecular weight is 455 g/mol. The van der Waals surface area contributed by atoms with Crippen LogP contribution in [0.5, 0.6) is 0 Å². The molecule has 1 N–H and O–H groups in total. The summed E-state index contributed by atoms with van der Waals surface area (Å²) in [4.78, 5) is 25.2. The maximum atomic E-state index is 13.1. The summed E-state index contributed by atoms with van der Waals surface area (Å²) in [6.07, 6.45) is 4.59. The van der Waals surface area contributed by atoms with Crippen molar-refractivity contribution in [1.29, 1.82) is 0 Å². The second-order valence-corrected chi connectivity index (χ2v) is 10.1. The predicted molar refractivity (Wildman–Crippen MR) is 134 cm³/mol. The smallest absolute Gasteiger partial charge is 0.264 e. The zero-order chi connectivity index (χ0) is 22.4. The van der Waals surface area contributed by atoms with Gasteiger partial charge >= 0.3 is 0 Å². The summed E-state index contributed by atoms with van der Waals surface area (Å²) in [5.41, 5.74) is 4.40. The Morgan fingerprint density at radius 3 is 2.64 bits per heavy atom. The second kappa shape index (κ2) is 8.27. The molecule has 0 bridgehead atoms. The summed E-state index contributed by atoms with van der Waals surface area (Å²) >= 11 is 1.52. The molecule has 33 heavy (non-hydrogen) atoms. The molecule has 2 fully saturated rings. The number of fused-ring (bicyclic) bond motifs is 1. The minimum absolute atomic E-state index is 0.145. The van der Waals surface area contributed by atoms with Gasteiger partial charge in [-0.1, -0.05) is 30.3 Å². The Morgan fingerprint density at radius 1 is 1.03 bits per heavy atom. The Hall–Kier alpha value is -3.25. The SMILES string of the molecule is Cc1nc(NC2CC2)c2cc(-c3cccc(CN(C(=O)c4cccs4)C4CC4)c3)ccc2n1. The molecule has 2 aromatic heterocycles. The molecule has 2 saturated carbocycles. The quantitative estimate of drug-likeness (QED) is 0.370. The zero-order valence-electron chi connectivity index (χ0n) is 18.6. The number of hydrogen-bond donors (Lipinski definition) is 1. The van der Waals surface area contributed by atoms with Crippen LogP contribution in [0.15, 0.2) is 60.0 Å². The van der Waals surface area contributed by atoms with E-state index in [4.69, 9.17) is 0 Å². The Bertz CT molecular complexity index is 1330. The molecule has 0 spiro atoms. The van der Waals surface area contributed by atoms with Crippen molar-refractivity contribution in [2.24, 2.45) is 0 Å². The number of nitrogens with zero attached hydrogens (tertiary/aromatic N) is 3. The highest BCUT2D eigenvalue weighted by atomic mass is 32.1. The van der Waals surface area contributed by atoms with E-state index in [1.165, 1.54) is 24.2 Å². The average Bonchev–Trinajstić information content (AvgIpc) is 3.76. The third-order valence-corrected chi connectivity index (χ3v) is 7.18. The molecule has 2 aromatic carbocycles. The molecule has 0 unspecified atom stereocenters. The van der Waals surface area contributed by atoms with Crippen molar-refractivity contribution in [3.8, 4) is 11.1 Å². The highest BCUT2D eigenvalue weighted by Gasteiger charge is 2.33. The zero-order valence-corrected chi connectivity index (χ0v) is 19.4. The molecule has 6 heteroatoms. The first-order valence-corrected chi connectivity index (χ1v) is 12.5. The van der Waals surface area contributed by atoms with Crippen molar-refractivity contribution in [2.75, 3.05) is 5.32 Å². The summed E-state index contributed by atoms with van der Waals surface area (Å²) in [7, 11) is 0. The summed E-state index contributed by atoms with van der Waals surface area (Å²) in [5.74, 6) is 1.86. The molecule has 0 atom stereocenters. The van der Waals surface area contributed by atoms with Crippen molar-refractivity contribution in [1.82, 2.24) is 14.9 Å². The topological polar surface area (TPSA) is 58.1 Å². The van der Waals surface area contributed by atoms with E-state index in [1.54, 1.807) is 0 Å². The molecule has 2 heterocycles. The van der Waals surface area contributed by atoms with Crippen molar-refractivity contribution in [3.05, 3.63) is 76.2 Å². The summed E-state index contributed by atoms with van der Waals surface area (Å²) in [6.45, 7) is 2.58. The summed E-state index contributed by atoms with van der Waals surface area (Å²) in [5, 5.41) is 6.59. The fourth-order valence-corrected chi connectivity index (χ4v) is 4.97. The fourth-order valence-electron chi connectivity index (χ4n) is 4.30. The van der Waals surface area contributed by atoms with Crippen molar-refractivity contribution in [3.63, 3.8) is 0 Å². The van der Waals surface area contributed by atoms with Crippen LogP contribution in [0, 0.1) is 6.92 Å². The van der Waals surface area contributed by atoms with E-state index in [-0.39, 0.29) is 5.91 Å². The maximum absolute atomic E-state index is 13.1. The Kier molecular flexibility index (Phi) is 5.10. The third kappa shape index (κ3) is 4.35. The minimum Gasteiger partial charge on any atom is -0.367 e. The van der Waals surface area contributed by atoms with Crippen molar-refractivity contribution >= 4 is 34.0 Å². The monoisotopic (exact) mass is 454 g/mol. The van der Waals surface area contributed by atoms with Gasteiger partial charge in [-0.3, -0.25) is 4.79 Å². The highest BCUT2D eigenvalue weighted by molar-refractivity contribution is 7.12. The first-order valence-electron chi connectivity index (χ1n) is 11.6. The van der Waals surface area contributed by atoms with E-state index < -0.39 is 0 Å².